The molecule has 0 aromatic heterocycles. The third-order valence-electron chi connectivity index (χ3n) is 4.46. The minimum Gasteiger partial charge on any atom is -0.335 e. The van der Waals surface area contributed by atoms with Crippen molar-refractivity contribution in [3.8, 4) is 0 Å². The van der Waals surface area contributed by atoms with E-state index < -0.39 is 18.3 Å². The zero-order valence-corrected chi connectivity index (χ0v) is 12.5. The molecule has 3 heterocycles. The summed E-state index contributed by atoms with van der Waals surface area (Å²) >= 11 is 0. The van der Waals surface area contributed by atoms with E-state index in [2.05, 4.69) is 19.6 Å². The monoisotopic (exact) mass is 283 g/mol. The smallest absolute Gasteiger partial charge is 0.0773 e. The molecular formula is C10H22ClNO4Si. The minimum absolute atomic E-state index is 0.842. The van der Waals surface area contributed by atoms with Crippen molar-refractivity contribution < 1.29 is 33.8 Å². The number of hydrogen-bond donors (Lipinski definition) is 1. The molecular weight excluding hydrogens is 262 g/mol. The molecule has 0 saturated carbocycles. The van der Waals surface area contributed by atoms with Crippen LogP contribution in [0.4, 0.5) is 0 Å². The van der Waals surface area contributed by atoms with Gasteiger partial charge in [0.15, 0.2) is 0 Å². The molecule has 2 bridgehead atoms. The van der Waals surface area contributed by atoms with E-state index in [-0.39, 0.29) is 0 Å². The highest BCUT2D eigenvalue weighted by Gasteiger charge is 2.50. The molecule has 0 spiro atoms. The summed E-state index contributed by atoms with van der Waals surface area (Å²) in [7, 11) is -5.83. The number of rotatable bonds is 1. The van der Waals surface area contributed by atoms with Gasteiger partial charge in [-0.2, -0.15) is 0 Å². The Morgan fingerprint density at radius 3 is 1.35 bits per heavy atom. The normalized spacial score (nSPS) is 33.0. The SMILES string of the molecule is C[Si](C)(C)C12CC[NH+](CC1)CC2.[O-][Cl+3]([O-])([O-])[O-]. The lowest BCUT2D eigenvalue weighted by molar-refractivity contribution is -2.00. The number of piperidine rings is 3. The molecule has 0 radical (unpaired) electrons. The summed E-state index contributed by atoms with van der Waals surface area (Å²) in [6.07, 6.45) is 4.62. The maximum absolute atomic E-state index is 8.49. The molecule has 7 heteroatoms. The van der Waals surface area contributed by atoms with E-state index in [0.717, 1.165) is 5.04 Å². The van der Waals surface area contributed by atoms with Crippen molar-refractivity contribution >= 4 is 8.07 Å². The third-order valence-corrected chi connectivity index (χ3v) is 8.39. The lowest BCUT2D eigenvalue weighted by Gasteiger charge is -2.52. The molecule has 0 aromatic carbocycles. The Morgan fingerprint density at radius 2 is 1.18 bits per heavy atom. The second-order valence-corrected chi connectivity index (χ2v) is 12.5. The van der Waals surface area contributed by atoms with Gasteiger partial charge in [0.05, 0.1) is 27.7 Å². The van der Waals surface area contributed by atoms with Crippen molar-refractivity contribution in [3.05, 3.63) is 0 Å². The molecule has 5 nitrogen and oxygen atoms in total. The predicted octanol–water partition coefficient (Wildman–Crippen LogP) is -3.61. The van der Waals surface area contributed by atoms with Crippen LogP contribution in [0, 0.1) is 10.2 Å². The Bertz CT molecular complexity index is 236. The van der Waals surface area contributed by atoms with Crippen molar-refractivity contribution in [3.63, 3.8) is 0 Å². The Labute approximate surface area is 106 Å². The van der Waals surface area contributed by atoms with Crippen molar-refractivity contribution in [2.45, 2.75) is 43.9 Å². The molecule has 0 atom stereocenters. The van der Waals surface area contributed by atoms with Gasteiger partial charge in [-0.15, -0.1) is 10.2 Å². The largest absolute Gasteiger partial charge is 0.335 e. The second-order valence-electron chi connectivity index (χ2n) is 6.16. The summed E-state index contributed by atoms with van der Waals surface area (Å²) < 4.78 is 34.0. The molecule has 3 rings (SSSR count). The van der Waals surface area contributed by atoms with Crippen molar-refractivity contribution in [2.24, 2.45) is 0 Å². The Morgan fingerprint density at radius 1 is 0.882 bits per heavy atom. The first-order chi connectivity index (χ1) is 7.54. The van der Waals surface area contributed by atoms with E-state index in [4.69, 9.17) is 18.6 Å². The lowest BCUT2D eigenvalue weighted by atomic mass is 9.87. The second kappa shape index (κ2) is 5.12. The molecule has 17 heavy (non-hydrogen) atoms. The highest BCUT2D eigenvalue weighted by Crippen LogP contribution is 2.49. The molecule has 0 unspecified atom stereocenters. The van der Waals surface area contributed by atoms with Gasteiger partial charge in [0.2, 0.25) is 0 Å². The van der Waals surface area contributed by atoms with Crippen LogP contribution in [0.2, 0.25) is 24.7 Å². The fraction of sp³-hybridized carbons (Fsp3) is 1.00. The molecule has 102 valence electrons. The van der Waals surface area contributed by atoms with Crippen LogP contribution in [0.5, 0.6) is 0 Å². The third kappa shape index (κ3) is 4.48. The summed E-state index contributed by atoms with van der Waals surface area (Å²) in [5, 5.41) is 0.842. The molecule has 3 aliphatic heterocycles. The van der Waals surface area contributed by atoms with Gasteiger partial charge in [-0.25, -0.2) is 18.6 Å². The van der Waals surface area contributed by atoms with Crippen LogP contribution < -0.4 is 23.5 Å². The van der Waals surface area contributed by atoms with Gasteiger partial charge < -0.3 is 4.90 Å². The fourth-order valence-corrected chi connectivity index (χ4v) is 5.75. The zero-order valence-electron chi connectivity index (χ0n) is 10.8. The summed E-state index contributed by atoms with van der Waals surface area (Å²) in [6, 6.07) is 0. The van der Waals surface area contributed by atoms with E-state index in [1.54, 1.807) is 0 Å². The number of hydrogen-bond acceptors (Lipinski definition) is 4. The number of halogens is 1. The van der Waals surface area contributed by atoms with Crippen LogP contribution in [0.25, 0.3) is 0 Å². The standard InChI is InChI=1S/C10H21NSi.ClHO4/c1-12(2,3)10-4-7-11(8-5-10)9-6-10;2-1(3,4)5/h4-9H2,1-3H3;(H,2,3,4,5). The number of quaternary nitrogens is 1. The van der Waals surface area contributed by atoms with Crippen LogP contribution >= 0.6 is 0 Å². The van der Waals surface area contributed by atoms with Crippen LogP contribution in [0.1, 0.15) is 19.3 Å². The first kappa shape index (κ1) is 15.4. The molecule has 3 fully saturated rings. The topological polar surface area (TPSA) is 96.7 Å². The summed E-state index contributed by atoms with van der Waals surface area (Å²) in [5.74, 6) is 0. The zero-order chi connectivity index (χ0) is 13.3. The molecule has 0 amide bonds. The quantitative estimate of drug-likeness (QED) is 0.503. The van der Waals surface area contributed by atoms with E-state index in [1.165, 1.54) is 38.9 Å². The molecule has 3 saturated heterocycles. The van der Waals surface area contributed by atoms with E-state index in [0.29, 0.717) is 0 Å². The van der Waals surface area contributed by atoms with E-state index >= 15 is 0 Å². The van der Waals surface area contributed by atoms with Gasteiger partial charge in [0.1, 0.15) is 0 Å². The number of nitrogens with one attached hydrogen (secondary N) is 1. The number of fused-ring (bicyclic) bond motifs is 3. The first-order valence-electron chi connectivity index (χ1n) is 5.99. The molecule has 3 aliphatic rings. The van der Waals surface area contributed by atoms with Crippen LogP contribution in [-0.4, -0.2) is 27.7 Å². The fourth-order valence-electron chi connectivity index (χ4n) is 3.12. The van der Waals surface area contributed by atoms with Crippen molar-refractivity contribution in [2.75, 3.05) is 19.6 Å². The average molecular weight is 284 g/mol. The van der Waals surface area contributed by atoms with Crippen molar-refractivity contribution in [1.29, 1.82) is 0 Å². The molecule has 0 aliphatic carbocycles. The molecule has 0 aromatic rings. The Hall–Kier alpha value is 0.307. The Balaban J connectivity index is 0.000000249. The Kier molecular flexibility index (Phi) is 4.63. The predicted molar refractivity (Wildman–Crippen MR) is 55.5 cm³/mol. The van der Waals surface area contributed by atoms with Gasteiger partial charge in [-0.1, -0.05) is 19.6 Å². The van der Waals surface area contributed by atoms with Crippen molar-refractivity contribution in [1.82, 2.24) is 0 Å². The van der Waals surface area contributed by atoms with E-state index in [9.17, 15) is 0 Å². The highest BCUT2D eigenvalue weighted by atomic mass is 35.7. The van der Waals surface area contributed by atoms with Gasteiger partial charge >= 0.3 is 0 Å². The van der Waals surface area contributed by atoms with E-state index in [1.807, 2.05) is 4.90 Å². The van der Waals surface area contributed by atoms with Gasteiger partial charge in [-0.3, -0.25) is 0 Å². The van der Waals surface area contributed by atoms with Gasteiger partial charge in [-0.05, 0) is 5.04 Å². The summed E-state index contributed by atoms with van der Waals surface area (Å²) in [6.45, 7) is 12.1. The lowest BCUT2D eigenvalue weighted by Crippen LogP contribution is -3.15. The van der Waals surface area contributed by atoms with Crippen LogP contribution in [0.3, 0.4) is 0 Å². The first-order valence-corrected chi connectivity index (χ1v) is 10.7. The summed E-state index contributed by atoms with van der Waals surface area (Å²) in [5.41, 5.74) is 0. The minimum atomic E-state index is -4.94. The maximum Gasteiger partial charge on any atom is 0.0773 e. The maximum atomic E-state index is 8.49. The molecule has 1 N–H and O–H groups in total. The average Bonchev–Trinajstić information content (AvgIpc) is 2.16. The van der Waals surface area contributed by atoms with Crippen LogP contribution in [0.15, 0.2) is 0 Å². The summed E-state index contributed by atoms with van der Waals surface area (Å²) in [4.78, 5) is 1.88. The van der Waals surface area contributed by atoms with Crippen LogP contribution in [-0.2, 0) is 0 Å². The van der Waals surface area contributed by atoms with Gasteiger partial charge in [0.25, 0.3) is 0 Å². The van der Waals surface area contributed by atoms with Gasteiger partial charge in [0, 0.05) is 19.3 Å². The highest BCUT2D eigenvalue weighted by molar-refractivity contribution is 6.79.